The van der Waals surface area contributed by atoms with Crippen molar-refractivity contribution in [3.05, 3.63) is 21.9 Å². The highest BCUT2D eigenvalue weighted by Gasteiger charge is 2.22. The molecule has 1 heterocycles. The topological polar surface area (TPSA) is 30.5 Å². The van der Waals surface area contributed by atoms with E-state index in [1.807, 2.05) is 25.2 Å². The van der Waals surface area contributed by atoms with Gasteiger partial charge in [-0.05, 0) is 38.9 Å². The van der Waals surface area contributed by atoms with Crippen LogP contribution in [0.15, 0.2) is 12.1 Å². The van der Waals surface area contributed by atoms with E-state index in [0.717, 1.165) is 19.4 Å². The van der Waals surface area contributed by atoms with Gasteiger partial charge in [0.2, 0.25) is 0 Å². The molecule has 3 nitrogen and oxygen atoms in total. The third-order valence-corrected chi connectivity index (χ3v) is 4.20. The molecule has 0 saturated carbocycles. The van der Waals surface area contributed by atoms with E-state index in [0.29, 0.717) is 13.2 Å². The normalized spacial score (nSPS) is 13.1. The second kappa shape index (κ2) is 9.48. The molecule has 0 spiro atoms. The van der Waals surface area contributed by atoms with E-state index in [9.17, 15) is 0 Å². The Morgan fingerprint density at radius 3 is 2.16 bits per heavy atom. The molecule has 4 heteroatoms. The SMILES string of the molecule is CCNC(Cc1ccc(CC)s1)C(OCC)OCC. The number of thiophene rings is 1. The third kappa shape index (κ3) is 5.61. The van der Waals surface area contributed by atoms with Crippen LogP contribution in [0.5, 0.6) is 0 Å². The Kier molecular flexibility index (Phi) is 8.30. The summed E-state index contributed by atoms with van der Waals surface area (Å²) < 4.78 is 11.4. The van der Waals surface area contributed by atoms with Gasteiger partial charge in [0.1, 0.15) is 0 Å². The molecule has 0 aromatic carbocycles. The van der Waals surface area contributed by atoms with E-state index >= 15 is 0 Å². The molecule has 0 bridgehead atoms. The van der Waals surface area contributed by atoms with E-state index in [-0.39, 0.29) is 12.3 Å². The first kappa shape index (κ1) is 16.6. The first-order chi connectivity index (χ1) is 9.24. The Morgan fingerprint density at radius 2 is 1.68 bits per heavy atom. The molecule has 1 aromatic heterocycles. The summed E-state index contributed by atoms with van der Waals surface area (Å²) in [5, 5.41) is 3.48. The molecule has 1 N–H and O–H groups in total. The molecule has 0 amide bonds. The molecule has 1 atom stereocenters. The Balaban J connectivity index is 2.68. The Labute approximate surface area is 121 Å². The standard InChI is InChI=1S/C15H27NO2S/c1-5-12-9-10-13(19-12)11-14(16-6-2)15(17-7-3)18-8-4/h9-10,14-16H,5-8,11H2,1-4H3. The molecule has 0 aliphatic rings. The number of hydrogen-bond acceptors (Lipinski definition) is 4. The van der Waals surface area contributed by atoms with Crippen LogP contribution >= 0.6 is 11.3 Å². The largest absolute Gasteiger partial charge is 0.351 e. The van der Waals surface area contributed by atoms with Gasteiger partial charge < -0.3 is 14.8 Å². The van der Waals surface area contributed by atoms with Gasteiger partial charge in [0.15, 0.2) is 6.29 Å². The zero-order valence-electron chi connectivity index (χ0n) is 12.6. The predicted octanol–water partition coefficient (Wildman–Crippen LogP) is 3.23. The lowest BCUT2D eigenvalue weighted by Gasteiger charge is -2.27. The maximum Gasteiger partial charge on any atom is 0.173 e. The molecule has 0 aliphatic heterocycles. The second-order valence-corrected chi connectivity index (χ2v) is 5.62. The Hall–Kier alpha value is -0.420. The van der Waals surface area contributed by atoms with Crippen molar-refractivity contribution in [2.45, 2.75) is 52.9 Å². The number of hydrogen-bond donors (Lipinski definition) is 1. The maximum atomic E-state index is 5.72. The van der Waals surface area contributed by atoms with Gasteiger partial charge in [0, 0.05) is 29.4 Å². The quantitative estimate of drug-likeness (QED) is 0.670. The summed E-state index contributed by atoms with van der Waals surface area (Å²) in [7, 11) is 0. The molecule has 1 rings (SSSR count). The summed E-state index contributed by atoms with van der Waals surface area (Å²) in [5.41, 5.74) is 0. The van der Waals surface area contributed by atoms with Gasteiger partial charge in [0.05, 0.1) is 6.04 Å². The zero-order valence-corrected chi connectivity index (χ0v) is 13.4. The highest BCUT2D eigenvalue weighted by Crippen LogP contribution is 2.20. The minimum Gasteiger partial charge on any atom is -0.351 e. The summed E-state index contributed by atoms with van der Waals surface area (Å²) in [6.07, 6.45) is 1.90. The van der Waals surface area contributed by atoms with Gasteiger partial charge in [-0.3, -0.25) is 0 Å². The Bertz CT molecular complexity index is 335. The minimum absolute atomic E-state index is 0.165. The first-order valence-corrected chi connectivity index (χ1v) is 8.10. The zero-order chi connectivity index (χ0) is 14.1. The van der Waals surface area contributed by atoms with Gasteiger partial charge >= 0.3 is 0 Å². The van der Waals surface area contributed by atoms with Gasteiger partial charge in [-0.2, -0.15) is 0 Å². The molecule has 1 unspecified atom stereocenters. The first-order valence-electron chi connectivity index (χ1n) is 7.29. The highest BCUT2D eigenvalue weighted by molar-refractivity contribution is 7.11. The minimum atomic E-state index is -0.165. The number of rotatable bonds is 10. The third-order valence-electron chi connectivity index (χ3n) is 2.94. The fourth-order valence-corrected chi connectivity index (χ4v) is 3.09. The molecule has 0 radical (unpaired) electrons. The summed E-state index contributed by atoms with van der Waals surface area (Å²) in [6.45, 7) is 10.6. The summed E-state index contributed by atoms with van der Waals surface area (Å²) >= 11 is 1.89. The number of aryl methyl sites for hydroxylation is 1. The van der Waals surface area contributed by atoms with Crippen molar-refractivity contribution >= 4 is 11.3 Å². The molecule has 110 valence electrons. The molecular weight excluding hydrogens is 258 g/mol. The van der Waals surface area contributed by atoms with Crippen molar-refractivity contribution in [2.75, 3.05) is 19.8 Å². The monoisotopic (exact) mass is 285 g/mol. The van der Waals surface area contributed by atoms with Crippen molar-refractivity contribution < 1.29 is 9.47 Å². The van der Waals surface area contributed by atoms with E-state index in [1.54, 1.807) is 0 Å². The highest BCUT2D eigenvalue weighted by atomic mass is 32.1. The van der Waals surface area contributed by atoms with E-state index in [2.05, 4.69) is 31.3 Å². The molecular formula is C15H27NO2S. The fourth-order valence-electron chi connectivity index (χ4n) is 2.07. The van der Waals surface area contributed by atoms with E-state index in [4.69, 9.17) is 9.47 Å². The summed E-state index contributed by atoms with van der Waals surface area (Å²) in [4.78, 5) is 2.84. The van der Waals surface area contributed by atoms with Crippen molar-refractivity contribution in [2.24, 2.45) is 0 Å². The average molecular weight is 285 g/mol. The molecule has 0 fully saturated rings. The van der Waals surface area contributed by atoms with Crippen LogP contribution in [0.2, 0.25) is 0 Å². The van der Waals surface area contributed by atoms with Crippen molar-refractivity contribution in [1.82, 2.24) is 5.32 Å². The van der Waals surface area contributed by atoms with Crippen LogP contribution in [0, 0.1) is 0 Å². The maximum absolute atomic E-state index is 5.72. The van der Waals surface area contributed by atoms with Crippen molar-refractivity contribution in [3.63, 3.8) is 0 Å². The fraction of sp³-hybridized carbons (Fsp3) is 0.733. The summed E-state index contributed by atoms with van der Waals surface area (Å²) in [5.74, 6) is 0. The van der Waals surface area contributed by atoms with Crippen molar-refractivity contribution in [3.8, 4) is 0 Å². The van der Waals surface area contributed by atoms with Crippen LogP contribution in [0.1, 0.15) is 37.4 Å². The molecule has 1 aromatic rings. The van der Waals surface area contributed by atoms with E-state index in [1.165, 1.54) is 9.75 Å². The lowest BCUT2D eigenvalue weighted by atomic mass is 10.1. The van der Waals surface area contributed by atoms with Gasteiger partial charge in [-0.1, -0.05) is 13.8 Å². The van der Waals surface area contributed by atoms with Crippen molar-refractivity contribution in [1.29, 1.82) is 0 Å². The van der Waals surface area contributed by atoms with Crippen LogP contribution in [-0.2, 0) is 22.3 Å². The van der Waals surface area contributed by atoms with Crippen LogP contribution in [0.3, 0.4) is 0 Å². The molecule has 19 heavy (non-hydrogen) atoms. The van der Waals surface area contributed by atoms with Gasteiger partial charge in [-0.15, -0.1) is 11.3 Å². The molecule has 0 aliphatic carbocycles. The lowest BCUT2D eigenvalue weighted by Crippen LogP contribution is -2.44. The van der Waals surface area contributed by atoms with Crippen LogP contribution in [0.4, 0.5) is 0 Å². The lowest BCUT2D eigenvalue weighted by molar-refractivity contribution is -0.153. The average Bonchev–Trinajstić information content (AvgIpc) is 2.86. The van der Waals surface area contributed by atoms with Gasteiger partial charge in [-0.25, -0.2) is 0 Å². The summed E-state index contributed by atoms with van der Waals surface area (Å²) in [6, 6.07) is 4.66. The Morgan fingerprint density at radius 1 is 1.05 bits per heavy atom. The number of nitrogens with one attached hydrogen (secondary N) is 1. The second-order valence-electron chi connectivity index (χ2n) is 4.37. The van der Waals surface area contributed by atoms with Crippen LogP contribution in [0.25, 0.3) is 0 Å². The molecule has 0 saturated heterocycles. The van der Waals surface area contributed by atoms with Gasteiger partial charge in [0.25, 0.3) is 0 Å². The predicted molar refractivity (Wildman–Crippen MR) is 81.9 cm³/mol. The van der Waals surface area contributed by atoms with E-state index < -0.39 is 0 Å². The smallest absolute Gasteiger partial charge is 0.173 e. The number of likely N-dealkylation sites (N-methyl/N-ethyl adjacent to an activating group) is 1. The van der Waals surface area contributed by atoms with Crippen LogP contribution in [-0.4, -0.2) is 32.1 Å². The number of ether oxygens (including phenoxy) is 2. The van der Waals surface area contributed by atoms with Crippen LogP contribution < -0.4 is 5.32 Å².